The summed E-state index contributed by atoms with van der Waals surface area (Å²) in [4.78, 5) is 12.3. The van der Waals surface area contributed by atoms with E-state index in [0.29, 0.717) is 6.61 Å². The van der Waals surface area contributed by atoms with E-state index in [4.69, 9.17) is 9.47 Å². The SMILES string of the molecule is CCCCCOC1CC2C(Br)=CC1C(=O)[C@]21CO1. The Morgan fingerprint density at radius 1 is 1.56 bits per heavy atom. The van der Waals surface area contributed by atoms with Gasteiger partial charge in [0.1, 0.15) is 0 Å². The summed E-state index contributed by atoms with van der Waals surface area (Å²) >= 11 is 3.58. The molecule has 0 N–H and O–H groups in total. The van der Waals surface area contributed by atoms with Gasteiger partial charge in [-0.15, -0.1) is 0 Å². The molecule has 0 radical (unpaired) electrons. The number of carbonyl (C=O) groups is 1. The van der Waals surface area contributed by atoms with Gasteiger partial charge in [0.15, 0.2) is 11.4 Å². The van der Waals surface area contributed by atoms with Crippen molar-refractivity contribution in [2.45, 2.75) is 44.3 Å². The second-order valence-corrected chi connectivity index (χ2v) is 6.44. The summed E-state index contributed by atoms with van der Waals surface area (Å²) in [5, 5.41) is 0. The second-order valence-electron chi connectivity index (χ2n) is 5.52. The highest BCUT2D eigenvalue weighted by atomic mass is 79.9. The molecule has 1 saturated carbocycles. The molecule has 0 amide bonds. The zero-order valence-electron chi connectivity index (χ0n) is 10.7. The summed E-state index contributed by atoms with van der Waals surface area (Å²) in [7, 11) is 0. The Bertz CT molecular complexity index is 387. The Labute approximate surface area is 116 Å². The fourth-order valence-electron chi connectivity index (χ4n) is 3.18. The molecular weight excluding hydrogens is 296 g/mol. The molecule has 1 spiro atoms. The average Bonchev–Trinajstić information content (AvgIpc) is 3.14. The molecule has 3 unspecified atom stereocenters. The number of rotatable bonds is 5. The predicted molar refractivity (Wildman–Crippen MR) is 71.6 cm³/mol. The molecule has 4 rings (SSSR count). The zero-order chi connectivity index (χ0) is 12.8. The van der Waals surface area contributed by atoms with Crippen molar-refractivity contribution in [1.82, 2.24) is 0 Å². The number of unbranched alkanes of at least 4 members (excludes halogenated alkanes) is 2. The van der Waals surface area contributed by atoms with Gasteiger partial charge >= 0.3 is 0 Å². The molecular formula is C14H19BrO3. The van der Waals surface area contributed by atoms with Gasteiger partial charge < -0.3 is 9.47 Å². The zero-order valence-corrected chi connectivity index (χ0v) is 12.2. The van der Waals surface area contributed by atoms with Gasteiger partial charge in [0, 0.05) is 12.5 Å². The lowest BCUT2D eigenvalue weighted by Gasteiger charge is -2.42. The maximum atomic E-state index is 12.3. The molecule has 18 heavy (non-hydrogen) atoms. The van der Waals surface area contributed by atoms with Crippen molar-refractivity contribution in [2.75, 3.05) is 13.2 Å². The normalized spacial score (nSPS) is 41.3. The van der Waals surface area contributed by atoms with Crippen molar-refractivity contribution >= 4 is 21.7 Å². The maximum absolute atomic E-state index is 12.3. The van der Waals surface area contributed by atoms with Crippen molar-refractivity contribution in [3.05, 3.63) is 10.6 Å². The fourth-order valence-corrected chi connectivity index (χ4v) is 4.02. The maximum Gasteiger partial charge on any atom is 0.177 e. The summed E-state index contributed by atoms with van der Waals surface area (Å²) in [6, 6.07) is 0. The minimum Gasteiger partial charge on any atom is -0.377 e. The van der Waals surface area contributed by atoms with Crippen LogP contribution in [0.3, 0.4) is 0 Å². The topological polar surface area (TPSA) is 38.8 Å². The lowest BCUT2D eigenvalue weighted by atomic mass is 9.66. The Morgan fingerprint density at radius 3 is 3.00 bits per heavy atom. The Balaban J connectivity index is 1.65. The summed E-state index contributed by atoms with van der Waals surface area (Å²) in [6.07, 6.45) is 6.50. The quantitative estimate of drug-likeness (QED) is 0.578. The largest absolute Gasteiger partial charge is 0.377 e. The number of ether oxygens (including phenoxy) is 2. The molecule has 3 nitrogen and oxygen atoms in total. The third-order valence-electron chi connectivity index (χ3n) is 4.36. The molecule has 0 aromatic carbocycles. The Kier molecular flexibility index (Phi) is 3.37. The van der Waals surface area contributed by atoms with Crippen molar-refractivity contribution in [1.29, 1.82) is 0 Å². The van der Waals surface area contributed by atoms with Gasteiger partial charge in [0.05, 0.1) is 18.6 Å². The van der Waals surface area contributed by atoms with E-state index in [1.54, 1.807) is 0 Å². The smallest absolute Gasteiger partial charge is 0.177 e. The minimum atomic E-state index is -0.485. The summed E-state index contributed by atoms with van der Waals surface area (Å²) < 4.78 is 12.5. The van der Waals surface area contributed by atoms with Crippen molar-refractivity contribution in [2.24, 2.45) is 11.8 Å². The van der Waals surface area contributed by atoms with E-state index in [1.165, 1.54) is 12.8 Å². The van der Waals surface area contributed by atoms with E-state index in [9.17, 15) is 4.79 Å². The van der Waals surface area contributed by atoms with Crippen LogP contribution in [0.1, 0.15) is 32.6 Å². The van der Waals surface area contributed by atoms with E-state index in [-0.39, 0.29) is 23.7 Å². The highest BCUT2D eigenvalue weighted by molar-refractivity contribution is 9.11. The molecule has 4 heteroatoms. The number of Topliss-reactive ketones (excluding diaryl/α,β-unsaturated/α-hetero) is 1. The van der Waals surface area contributed by atoms with E-state index in [0.717, 1.165) is 23.9 Å². The van der Waals surface area contributed by atoms with Gasteiger partial charge in [-0.3, -0.25) is 4.79 Å². The molecule has 4 atom stereocenters. The fraction of sp³-hybridized carbons (Fsp3) is 0.786. The van der Waals surface area contributed by atoms with E-state index >= 15 is 0 Å². The molecule has 1 aliphatic heterocycles. The lowest BCUT2D eigenvalue weighted by Crippen LogP contribution is -2.53. The van der Waals surface area contributed by atoms with Crippen LogP contribution >= 0.6 is 15.9 Å². The molecule has 0 aromatic rings. The lowest BCUT2D eigenvalue weighted by molar-refractivity contribution is -0.140. The van der Waals surface area contributed by atoms with E-state index in [1.807, 2.05) is 6.08 Å². The first-order chi connectivity index (χ1) is 8.69. The summed E-state index contributed by atoms with van der Waals surface area (Å²) in [6.45, 7) is 3.55. The van der Waals surface area contributed by atoms with Crippen molar-refractivity contribution in [3.8, 4) is 0 Å². The van der Waals surface area contributed by atoms with Crippen LogP contribution in [-0.4, -0.2) is 30.7 Å². The minimum absolute atomic E-state index is 0.0653. The molecule has 2 bridgehead atoms. The standard InChI is InChI=1S/C14H19BrO3/c1-2-3-4-5-17-12-7-10-11(15)6-9(12)13(16)14(10)8-18-14/h6,9-10,12H,2-5,7-8H2,1H3/t9?,10?,12?,14-/m0/s1. The number of hydrogen-bond acceptors (Lipinski definition) is 3. The van der Waals surface area contributed by atoms with Crippen LogP contribution in [0.15, 0.2) is 10.6 Å². The number of fused-ring (bicyclic) bond motifs is 1. The molecule has 0 aromatic heterocycles. The van der Waals surface area contributed by atoms with E-state index < -0.39 is 5.60 Å². The number of hydrogen-bond donors (Lipinski definition) is 0. The van der Waals surface area contributed by atoms with Crippen LogP contribution in [-0.2, 0) is 14.3 Å². The molecule has 3 aliphatic carbocycles. The van der Waals surface area contributed by atoms with Gasteiger partial charge in [-0.1, -0.05) is 41.8 Å². The van der Waals surface area contributed by atoms with Crippen LogP contribution in [0, 0.1) is 11.8 Å². The van der Waals surface area contributed by atoms with Gasteiger partial charge in [-0.2, -0.15) is 0 Å². The number of epoxide rings is 1. The third kappa shape index (κ3) is 1.89. The first-order valence-corrected chi connectivity index (χ1v) is 7.65. The highest BCUT2D eigenvalue weighted by Gasteiger charge is 2.66. The van der Waals surface area contributed by atoms with Gasteiger partial charge in [0.25, 0.3) is 0 Å². The van der Waals surface area contributed by atoms with Gasteiger partial charge in [-0.05, 0) is 17.3 Å². The number of ketones is 1. The predicted octanol–water partition coefficient (Wildman–Crippen LogP) is 2.83. The van der Waals surface area contributed by atoms with Crippen molar-refractivity contribution in [3.63, 3.8) is 0 Å². The van der Waals surface area contributed by atoms with Crippen LogP contribution in [0.4, 0.5) is 0 Å². The van der Waals surface area contributed by atoms with Crippen LogP contribution in [0.2, 0.25) is 0 Å². The molecule has 1 saturated heterocycles. The monoisotopic (exact) mass is 314 g/mol. The molecule has 1 heterocycles. The van der Waals surface area contributed by atoms with Gasteiger partial charge in [-0.25, -0.2) is 0 Å². The molecule has 2 fully saturated rings. The van der Waals surface area contributed by atoms with Gasteiger partial charge in [0.2, 0.25) is 0 Å². The Hall–Kier alpha value is -0.190. The third-order valence-corrected chi connectivity index (χ3v) is 5.18. The number of halogens is 1. The Morgan fingerprint density at radius 2 is 2.33 bits per heavy atom. The van der Waals surface area contributed by atoms with Crippen molar-refractivity contribution < 1.29 is 14.3 Å². The average molecular weight is 315 g/mol. The van der Waals surface area contributed by atoms with E-state index in [2.05, 4.69) is 22.9 Å². The van der Waals surface area contributed by atoms with Crippen LogP contribution in [0.25, 0.3) is 0 Å². The van der Waals surface area contributed by atoms with Crippen LogP contribution < -0.4 is 0 Å². The molecule has 100 valence electrons. The molecule has 4 aliphatic rings. The number of carbonyl (C=O) groups excluding carboxylic acids is 1. The highest BCUT2D eigenvalue weighted by Crippen LogP contribution is 2.55. The summed E-state index contributed by atoms with van der Waals surface area (Å²) in [5.74, 6) is 0.321. The first-order valence-electron chi connectivity index (χ1n) is 6.86. The summed E-state index contributed by atoms with van der Waals surface area (Å²) in [5.41, 5.74) is -0.485. The van der Waals surface area contributed by atoms with Crippen LogP contribution in [0.5, 0.6) is 0 Å². The first kappa shape index (κ1) is 12.8. The second kappa shape index (κ2) is 4.73.